The number of hydrogen-bond acceptors (Lipinski definition) is 4. The summed E-state index contributed by atoms with van der Waals surface area (Å²) >= 11 is 0. The normalized spacial score (nSPS) is 16.8. The molecule has 1 aliphatic heterocycles. The van der Waals surface area contributed by atoms with E-state index in [1.807, 2.05) is 30.7 Å². The Kier molecular flexibility index (Phi) is 5.07. The van der Waals surface area contributed by atoms with Crippen molar-refractivity contribution in [3.63, 3.8) is 0 Å². The summed E-state index contributed by atoms with van der Waals surface area (Å²) in [5, 5.41) is 12.7. The third-order valence-electron chi connectivity index (χ3n) is 5.42. The van der Waals surface area contributed by atoms with E-state index in [1.165, 1.54) is 0 Å². The van der Waals surface area contributed by atoms with Gasteiger partial charge in [-0.3, -0.25) is 9.59 Å². The molecule has 1 aliphatic rings. The molecule has 7 nitrogen and oxygen atoms in total. The van der Waals surface area contributed by atoms with Crippen molar-refractivity contribution >= 4 is 28.5 Å². The second kappa shape index (κ2) is 7.67. The van der Waals surface area contributed by atoms with Crippen LogP contribution in [0.25, 0.3) is 11.0 Å². The smallest absolute Gasteiger partial charge is 0.255 e. The van der Waals surface area contributed by atoms with Crippen molar-refractivity contribution in [2.75, 3.05) is 18.4 Å². The number of hydrogen-bond donors (Lipinski definition) is 2. The minimum absolute atomic E-state index is 0.133. The summed E-state index contributed by atoms with van der Waals surface area (Å²) in [5.74, 6) is 0.502. The number of aliphatic hydroxyl groups excluding tert-OH is 1. The Morgan fingerprint density at radius 1 is 1.17 bits per heavy atom. The van der Waals surface area contributed by atoms with Crippen LogP contribution in [0.15, 0.2) is 42.5 Å². The van der Waals surface area contributed by atoms with Crippen molar-refractivity contribution in [3.05, 3.63) is 59.4 Å². The van der Waals surface area contributed by atoms with Gasteiger partial charge >= 0.3 is 0 Å². The average molecular weight is 392 g/mol. The Hall–Kier alpha value is -3.19. The highest BCUT2D eigenvalue weighted by Crippen LogP contribution is 2.20. The van der Waals surface area contributed by atoms with Crippen LogP contribution in [-0.2, 0) is 7.05 Å². The maximum atomic E-state index is 12.7. The topological polar surface area (TPSA) is 87.5 Å². The Morgan fingerprint density at radius 2 is 2.00 bits per heavy atom. The highest BCUT2D eigenvalue weighted by Gasteiger charge is 2.23. The zero-order chi connectivity index (χ0) is 20.5. The van der Waals surface area contributed by atoms with E-state index in [-0.39, 0.29) is 11.8 Å². The fourth-order valence-electron chi connectivity index (χ4n) is 3.71. The molecular formula is C22H24N4O3. The number of aromatic nitrogens is 2. The lowest BCUT2D eigenvalue weighted by molar-refractivity contribution is 0.0474. The molecule has 2 N–H and O–H groups in total. The van der Waals surface area contributed by atoms with Gasteiger partial charge in [0.25, 0.3) is 11.8 Å². The molecule has 4 rings (SSSR count). The summed E-state index contributed by atoms with van der Waals surface area (Å²) in [4.78, 5) is 31.6. The molecule has 1 saturated heterocycles. The SMILES string of the molecule is Cc1nc2ccc(C(=O)Nc3cccc(C(=O)N4CCCC(O)C4)c3)cc2n1C. The zero-order valence-corrected chi connectivity index (χ0v) is 16.6. The first-order valence-corrected chi connectivity index (χ1v) is 9.74. The Bertz CT molecular complexity index is 1090. The number of β-amino-alcohol motifs (C(OH)–C–C–N with tert-alkyl or cyclic N) is 1. The summed E-state index contributed by atoms with van der Waals surface area (Å²) in [7, 11) is 1.92. The molecule has 1 aromatic heterocycles. The van der Waals surface area contributed by atoms with E-state index in [0.29, 0.717) is 29.9 Å². The number of amides is 2. The molecule has 0 spiro atoms. The maximum Gasteiger partial charge on any atom is 0.255 e. The van der Waals surface area contributed by atoms with Gasteiger partial charge in [0.15, 0.2) is 0 Å². The number of benzene rings is 2. The van der Waals surface area contributed by atoms with Gasteiger partial charge in [0.1, 0.15) is 5.82 Å². The first-order valence-electron chi connectivity index (χ1n) is 9.74. The van der Waals surface area contributed by atoms with Gasteiger partial charge in [-0.2, -0.15) is 0 Å². The van der Waals surface area contributed by atoms with Crippen LogP contribution in [0.3, 0.4) is 0 Å². The van der Waals surface area contributed by atoms with Crippen molar-refractivity contribution in [2.24, 2.45) is 7.05 Å². The molecule has 0 saturated carbocycles. The van der Waals surface area contributed by atoms with Crippen LogP contribution in [0.5, 0.6) is 0 Å². The van der Waals surface area contributed by atoms with E-state index in [2.05, 4.69) is 10.3 Å². The maximum absolute atomic E-state index is 12.7. The van der Waals surface area contributed by atoms with Crippen LogP contribution in [-0.4, -0.2) is 50.6 Å². The van der Waals surface area contributed by atoms with E-state index in [0.717, 1.165) is 29.7 Å². The minimum atomic E-state index is -0.471. The Labute approximate surface area is 169 Å². The quantitative estimate of drug-likeness (QED) is 0.717. The van der Waals surface area contributed by atoms with Crippen LogP contribution in [0, 0.1) is 6.92 Å². The van der Waals surface area contributed by atoms with Crippen molar-refractivity contribution in [3.8, 4) is 0 Å². The number of likely N-dealkylation sites (tertiary alicyclic amines) is 1. The molecule has 0 radical (unpaired) electrons. The van der Waals surface area contributed by atoms with E-state index in [1.54, 1.807) is 35.2 Å². The lowest BCUT2D eigenvalue weighted by Gasteiger charge is -2.30. The van der Waals surface area contributed by atoms with Gasteiger partial charge in [-0.1, -0.05) is 6.07 Å². The summed E-state index contributed by atoms with van der Waals surface area (Å²) in [5.41, 5.74) is 3.31. The molecule has 150 valence electrons. The highest BCUT2D eigenvalue weighted by molar-refractivity contribution is 6.06. The minimum Gasteiger partial charge on any atom is -0.391 e. The number of aliphatic hydroxyl groups is 1. The lowest BCUT2D eigenvalue weighted by Crippen LogP contribution is -2.42. The predicted molar refractivity (Wildman–Crippen MR) is 111 cm³/mol. The molecule has 7 heteroatoms. The van der Waals surface area contributed by atoms with Gasteiger partial charge in [-0.25, -0.2) is 4.98 Å². The lowest BCUT2D eigenvalue weighted by atomic mass is 10.1. The first-order chi connectivity index (χ1) is 13.9. The number of anilines is 1. The van der Waals surface area contributed by atoms with Crippen molar-refractivity contribution in [2.45, 2.75) is 25.9 Å². The van der Waals surface area contributed by atoms with Gasteiger partial charge in [0.05, 0.1) is 17.1 Å². The Balaban J connectivity index is 1.52. The van der Waals surface area contributed by atoms with E-state index in [9.17, 15) is 14.7 Å². The van der Waals surface area contributed by atoms with Crippen LogP contribution in [0.4, 0.5) is 5.69 Å². The number of aryl methyl sites for hydroxylation is 2. The first kappa shape index (κ1) is 19.1. The molecule has 1 fully saturated rings. The van der Waals surface area contributed by atoms with E-state index in [4.69, 9.17) is 0 Å². The molecule has 3 aromatic rings. The molecule has 2 heterocycles. The fraction of sp³-hybridized carbons (Fsp3) is 0.318. The van der Waals surface area contributed by atoms with E-state index < -0.39 is 6.10 Å². The predicted octanol–water partition coefficient (Wildman–Crippen LogP) is 2.73. The van der Waals surface area contributed by atoms with Gasteiger partial charge < -0.3 is 19.9 Å². The molecule has 0 bridgehead atoms. The molecule has 1 unspecified atom stereocenters. The number of carbonyl (C=O) groups excluding carboxylic acids is 2. The third-order valence-corrected chi connectivity index (χ3v) is 5.42. The van der Waals surface area contributed by atoms with Gasteiger partial charge in [0, 0.05) is 37.0 Å². The van der Waals surface area contributed by atoms with Gasteiger partial charge in [0.2, 0.25) is 0 Å². The van der Waals surface area contributed by atoms with Gasteiger partial charge in [-0.15, -0.1) is 0 Å². The number of carbonyl (C=O) groups is 2. The molecule has 2 aromatic carbocycles. The van der Waals surface area contributed by atoms with Crippen LogP contribution >= 0.6 is 0 Å². The molecule has 29 heavy (non-hydrogen) atoms. The number of imidazole rings is 1. The fourth-order valence-corrected chi connectivity index (χ4v) is 3.71. The van der Waals surface area contributed by atoms with E-state index >= 15 is 0 Å². The average Bonchev–Trinajstić information content (AvgIpc) is 3.01. The second-order valence-electron chi connectivity index (χ2n) is 7.50. The number of nitrogens with zero attached hydrogens (tertiary/aromatic N) is 3. The molecule has 0 aliphatic carbocycles. The monoisotopic (exact) mass is 392 g/mol. The van der Waals surface area contributed by atoms with Crippen molar-refractivity contribution < 1.29 is 14.7 Å². The van der Waals surface area contributed by atoms with Crippen LogP contribution in [0.2, 0.25) is 0 Å². The molecule has 2 amide bonds. The van der Waals surface area contributed by atoms with Crippen molar-refractivity contribution in [1.82, 2.24) is 14.5 Å². The number of nitrogens with one attached hydrogen (secondary N) is 1. The highest BCUT2D eigenvalue weighted by atomic mass is 16.3. The Morgan fingerprint density at radius 3 is 2.79 bits per heavy atom. The number of fused-ring (bicyclic) bond motifs is 1. The molecular weight excluding hydrogens is 368 g/mol. The summed E-state index contributed by atoms with van der Waals surface area (Å²) in [6, 6.07) is 12.3. The number of piperidine rings is 1. The van der Waals surface area contributed by atoms with Gasteiger partial charge in [-0.05, 0) is 56.2 Å². The largest absolute Gasteiger partial charge is 0.391 e. The standard InChI is InChI=1S/C22H24N4O3/c1-14-23-19-9-8-15(12-20(19)25(14)2)21(28)24-17-6-3-5-16(11-17)22(29)26-10-4-7-18(27)13-26/h3,5-6,8-9,11-12,18,27H,4,7,10,13H2,1-2H3,(H,24,28). The van der Waals surface area contributed by atoms with Crippen LogP contribution < -0.4 is 5.32 Å². The summed E-state index contributed by atoms with van der Waals surface area (Å²) < 4.78 is 1.94. The van der Waals surface area contributed by atoms with Crippen molar-refractivity contribution in [1.29, 1.82) is 0 Å². The number of rotatable bonds is 3. The molecule has 1 atom stereocenters. The summed E-state index contributed by atoms with van der Waals surface area (Å²) in [6.07, 6.45) is 1.04. The third kappa shape index (κ3) is 3.86. The van der Waals surface area contributed by atoms with Crippen LogP contribution in [0.1, 0.15) is 39.4 Å². The zero-order valence-electron chi connectivity index (χ0n) is 16.6. The second-order valence-corrected chi connectivity index (χ2v) is 7.50. The summed E-state index contributed by atoms with van der Waals surface area (Å²) in [6.45, 7) is 2.90.